The highest BCUT2D eigenvalue weighted by atomic mass is 35.5. The summed E-state index contributed by atoms with van der Waals surface area (Å²) in [5.41, 5.74) is 0.917. The first kappa shape index (κ1) is 12.6. The second-order valence-corrected chi connectivity index (χ2v) is 5.32. The Hall–Kier alpha value is -1.39. The van der Waals surface area contributed by atoms with E-state index in [1.807, 2.05) is 24.3 Å². The Morgan fingerprint density at radius 3 is 2.68 bits per heavy atom. The summed E-state index contributed by atoms with van der Waals surface area (Å²) in [4.78, 5) is 4.39. The second-order valence-electron chi connectivity index (χ2n) is 4.88. The third-order valence-corrected chi connectivity index (χ3v) is 3.72. The number of hydrogen-bond donors (Lipinski definition) is 1. The minimum atomic E-state index is 0.603. The number of nitrogens with one attached hydrogen (secondary N) is 1. The number of aromatic nitrogens is 2. The normalized spacial score (nSPS) is 16.1. The molecular formula is C14H16ClN3O. The van der Waals surface area contributed by atoms with Gasteiger partial charge in [0.1, 0.15) is 0 Å². The summed E-state index contributed by atoms with van der Waals surface area (Å²) >= 11 is 5.85. The van der Waals surface area contributed by atoms with Crippen molar-refractivity contribution in [2.75, 3.05) is 0 Å². The molecule has 0 aliphatic heterocycles. The van der Waals surface area contributed by atoms with Gasteiger partial charge in [-0.15, -0.1) is 0 Å². The van der Waals surface area contributed by atoms with Crippen molar-refractivity contribution < 1.29 is 4.52 Å². The molecule has 0 atom stereocenters. The molecule has 1 fully saturated rings. The maximum absolute atomic E-state index is 5.85. The van der Waals surface area contributed by atoms with Gasteiger partial charge < -0.3 is 9.84 Å². The Bertz CT molecular complexity index is 532. The zero-order chi connectivity index (χ0) is 13.1. The minimum Gasteiger partial charge on any atom is -0.338 e. The van der Waals surface area contributed by atoms with Crippen LogP contribution in [-0.2, 0) is 6.54 Å². The number of nitrogens with zero attached hydrogens (tertiary/aromatic N) is 2. The topological polar surface area (TPSA) is 51.0 Å². The van der Waals surface area contributed by atoms with E-state index < -0.39 is 0 Å². The van der Waals surface area contributed by atoms with Crippen LogP contribution < -0.4 is 5.32 Å². The smallest absolute Gasteiger partial charge is 0.240 e. The maximum Gasteiger partial charge on any atom is 0.240 e. The zero-order valence-corrected chi connectivity index (χ0v) is 11.4. The Morgan fingerprint density at radius 1 is 1.21 bits per heavy atom. The maximum atomic E-state index is 5.85. The van der Waals surface area contributed by atoms with Gasteiger partial charge >= 0.3 is 0 Å². The lowest BCUT2D eigenvalue weighted by molar-refractivity contribution is 0.357. The first-order chi connectivity index (χ1) is 9.31. The molecule has 0 saturated heterocycles. The Kier molecular flexibility index (Phi) is 3.80. The highest BCUT2D eigenvalue weighted by molar-refractivity contribution is 6.30. The van der Waals surface area contributed by atoms with Crippen LogP contribution >= 0.6 is 11.6 Å². The molecule has 19 heavy (non-hydrogen) atoms. The van der Waals surface area contributed by atoms with Crippen molar-refractivity contribution in [1.29, 1.82) is 0 Å². The average molecular weight is 278 g/mol. The first-order valence-corrected chi connectivity index (χ1v) is 7.01. The van der Waals surface area contributed by atoms with Crippen molar-refractivity contribution >= 4 is 11.6 Å². The summed E-state index contributed by atoms with van der Waals surface area (Å²) in [7, 11) is 0. The summed E-state index contributed by atoms with van der Waals surface area (Å²) in [5, 5.41) is 8.15. The van der Waals surface area contributed by atoms with E-state index in [0.29, 0.717) is 29.3 Å². The average Bonchev–Trinajstić information content (AvgIpc) is 3.09. The van der Waals surface area contributed by atoms with E-state index in [2.05, 4.69) is 15.5 Å². The van der Waals surface area contributed by atoms with Gasteiger partial charge in [-0.1, -0.05) is 29.6 Å². The van der Waals surface area contributed by atoms with Crippen LogP contribution in [0.1, 0.15) is 31.6 Å². The molecule has 0 bridgehead atoms. The number of rotatable bonds is 4. The van der Waals surface area contributed by atoms with Crippen LogP contribution in [0.3, 0.4) is 0 Å². The van der Waals surface area contributed by atoms with Crippen LogP contribution in [0.25, 0.3) is 11.4 Å². The van der Waals surface area contributed by atoms with Gasteiger partial charge in [0, 0.05) is 16.6 Å². The van der Waals surface area contributed by atoms with E-state index >= 15 is 0 Å². The van der Waals surface area contributed by atoms with Crippen LogP contribution in [0.4, 0.5) is 0 Å². The number of benzene rings is 1. The molecule has 1 N–H and O–H groups in total. The molecule has 0 unspecified atom stereocenters. The molecule has 1 aliphatic rings. The molecule has 1 aromatic heterocycles. The first-order valence-electron chi connectivity index (χ1n) is 6.63. The highest BCUT2D eigenvalue weighted by Crippen LogP contribution is 2.20. The molecular weight excluding hydrogens is 262 g/mol. The molecule has 1 aliphatic carbocycles. The van der Waals surface area contributed by atoms with Gasteiger partial charge in [-0.2, -0.15) is 4.98 Å². The fraction of sp³-hybridized carbons (Fsp3) is 0.429. The van der Waals surface area contributed by atoms with Crippen molar-refractivity contribution in [2.45, 2.75) is 38.3 Å². The number of halogens is 1. The van der Waals surface area contributed by atoms with Crippen molar-refractivity contribution in [3.05, 3.63) is 35.2 Å². The van der Waals surface area contributed by atoms with E-state index in [-0.39, 0.29) is 0 Å². The van der Waals surface area contributed by atoms with E-state index in [9.17, 15) is 0 Å². The van der Waals surface area contributed by atoms with Crippen molar-refractivity contribution in [3.63, 3.8) is 0 Å². The van der Waals surface area contributed by atoms with Gasteiger partial charge in [-0.05, 0) is 37.1 Å². The molecule has 2 aromatic rings. The molecule has 1 saturated carbocycles. The predicted octanol–water partition coefficient (Wildman–Crippen LogP) is 3.42. The van der Waals surface area contributed by atoms with Crippen LogP contribution in [0.15, 0.2) is 28.8 Å². The summed E-state index contributed by atoms with van der Waals surface area (Å²) in [6, 6.07) is 8.03. The van der Waals surface area contributed by atoms with E-state index in [1.165, 1.54) is 25.7 Å². The van der Waals surface area contributed by atoms with Gasteiger partial charge in [0.05, 0.1) is 6.54 Å². The lowest BCUT2D eigenvalue weighted by atomic mass is 10.2. The minimum absolute atomic E-state index is 0.603. The summed E-state index contributed by atoms with van der Waals surface area (Å²) < 4.78 is 5.25. The standard InChI is InChI=1S/C14H16ClN3O/c15-11-7-5-10(6-8-11)14-17-13(19-18-14)9-16-12-3-1-2-4-12/h5-8,12,16H,1-4,9H2. The largest absolute Gasteiger partial charge is 0.338 e. The fourth-order valence-corrected chi connectivity index (χ4v) is 2.53. The van der Waals surface area contributed by atoms with Gasteiger partial charge in [0.15, 0.2) is 0 Å². The lowest BCUT2D eigenvalue weighted by Crippen LogP contribution is -2.25. The molecule has 4 nitrogen and oxygen atoms in total. The van der Waals surface area contributed by atoms with Crippen molar-refractivity contribution in [2.24, 2.45) is 0 Å². The molecule has 1 aromatic carbocycles. The zero-order valence-electron chi connectivity index (χ0n) is 10.6. The summed E-state index contributed by atoms with van der Waals surface area (Å²) in [6.07, 6.45) is 5.13. The monoisotopic (exact) mass is 277 g/mol. The molecule has 5 heteroatoms. The Morgan fingerprint density at radius 2 is 1.95 bits per heavy atom. The summed E-state index contributed by atoms with van der Waals surface area (Å²) in [6.45, 7) is 0.644. The van der Waals surface area contributed by atoms with E-state index in [0.717, 1.165) is 5.56 Å². The van der Waals surface area contributed by atoms with Crippen molar-refractivity contribution in [1.82, 2.24) is 15.5 Å². The number of hydrogen-bond acceptors (Lipinski definition) is 4. The third kappa shape index (κ3) is 3.14. The third-order valence-electron chi connectivity index (χ3n) is 3.47. The molecule has 100 valence electrons. The van der Waals surface area contributed by atoms with Crippen LogP contribution in [0.5, 0.6) is 0 Å². The van der Waals surface area contributed by atoms with E-state index in [4.69, 9.17) is 16.1 Å². The predicted molar refractivity (Wildman–Crippen MR) is 73.8 cm³/mol. The van der Waals surface area contributed by atoms with Crippen LogP contribution in [0.2, 0.25) is 5.02 Å². The summed E-state index contributed by atoms with van der Waals surface area (Å²) in [5.74, 6) is 1.25. The lowest BCUT2D eigenvalue weighted by Gasteiger charge is -2.08. The molecule has 0 amide bonds. The van der Waals surface area contributed by atoms with Crippen LogP contribution in [0, 0.1) is 0 Å². The second kappa shape index (κ2) is 5.72. The van der Waals surface area contributed by atoms with Crippen molar-refractivity contribution in [3.8, 4) is 11.4 Å². The van der Waals surface area contributed by atoms with Gasteiger partial charge in [-0.3, -0.25) is 0 Å². The Balaban J connectivity index is 1.63. The molecule has 0 radical (unpaired) electrons. The SMILES string of the molecule is Clc1ccc(-c2noc(CNC3CCCC3)n2)cc1. The molecule has 3 rings (SSSR count). The quantitative estimate of drug-likeness (QED) is 0.930. The van der Waals surface area contributed by atoms with Gasteiger partial charge in [0.2, 0.25) is 11.7 Å². The highest BCUT2D eigenvalue weighted by Gasteiger charge is 2.15. The van der Waals surface area contributed by atoms with Crippen LogP contribution in [-0.4, -0.2) is 16.2 Å². The molecule has 1 heterocycles. The van der Waals surface area contributed by atoms with E-state index in [1.54, 1.807) is 0 Å². The van der Waals surface area contributed by atoms with Gasteiger partial charge in [0.25, 0.3) is 0 Å². The molecule has 0 spiro atoms. The Labute approximate surface area is 117 Å². The fourth-order valence-electron chi connectivity index (χ4n) is 2.40. The van der Waals surface area contributed by atoms with Gasteiger partial charge in [-0.25, -0.2) is 0 Å².